The second-order valence-corrected chi connectivity index (χ2v) is 18.4. The zero-order valence-corrected chi connectivity index (χ0v) is 35.4. The maximum absolute atomic E-state index is 14.2. The number of carbonyl (C=O) groups excluding carboxylic acids is 2. The van der Waals surface area contributed by atoms with Crippen LogP contribution in [0.2, 0.25) is 0 Å². The number of aliphatic hydroxyl groups is 2. The van der Waals surface area contributed by atoms with Crippen LogP contribution in [0.3, 0.4) is 0 Å². The van der Waals surface area contributed by atoms with E-state index in [0.717, 1.165) is 17.7 Å². The Balaban J connectivity index is 1.25. The number of benzene rings is 1. The fourth-order valence-electron chi connectivity index (χ4n) is 10.2. The van der Waals surface area contributed by atoms with Crippen LogP contribution in [0.1, 0.15) is 58.9 Å². The van der Waals surface area contributed by atoms with Crippen LogP contribution in [0.25, 0.3) is 0 Å². The van der Waals surface area contributed by atoms with E-state index in [4.69, 9.17) is 21.2 Å². The van der Waals surface area contributed by atoms with Gasteiger partial charge in [0.15, 0.2) is 6.29 Å². The molecule has 3 unspecified atom stereocenters. The van der Waals surface area contributed by atoms with E-state index in [1.165, 1.54) is 11.5 Å². The van der Waals surface area contributed by atoms with Gasteiger partial charge in [-0.05, 0) is 93.8 Å². The molecule has 1 aromatic carbocycles. The predicted octanol–water partition coefficient (Wildman–Crippen LogP) is 4.83. The molecule has 11 atom stereocenters. The summed E-state index contributed by atoms with van der Waals surface area (Å²) >= 11 is 6.97. The summed E-state index contributed by atoms with van der Waals surface area (Å²) in [5.74, 6) is 0.490. The number of hydroxylamine groups is 2. The average molecular weight is 794 g/mol. The zero-order chi connectivity index (χ0) is 40.6. The molecule has 1 aromatic rings. The molecule has 56 heavy (non-hydrogen) atoms. The first-order valence-corrected chi connectivity index (χ1v) is 20.7. The lowest BCUT2D eigenvalue weighted by Gasteiger charge is -2.62. The third-order valence-corrected chi connectivity index (χ3v) is 13.9. The number of aliphatic hydroxyl groups excluding tert-OH is 2. The summed E-state index contributed by atoms with van der Waals surface area (Å²) in [5.41, 5.74) is 3.69. The monoisotopic (exact) mass is 793 g/mol. The number of allylic oxidation sites excluding steroid dienone is 4. The number of nitrogens with zero attached hydrogens (tertiary/aromatic N) is 3. The fraction of sp³-hybridized carbons (Fsp3) is 0.636. The second-order valence-electron chi connectivity index (χ2n) is 18.0. The van der Waals surface area contributed by atoms with Gasteiger partial charge in [0.2, 0.25) is 5.91 Å². The molecule has 0 spiro atoms. The van der Waals surface area contributed by atoms with E-state index >= 15 is 0 Å². The van der Waals surface area contributed by atoms with Crippen molar-refractivity contribution in [1.29, 1.82) is 0 Å². The van der Waals surface area contributed by atoms with E-state index in [1.54, 1.807) is 14.0 Å². The maximum Gasteiger partial charge on any atom is 0.251 e. The van der Waals surface area contributed by atoms with E-state index in [0.29, 0.717) is 65.5 Å². The van der Waals surface area contributed by atoms with E-state index in [-0.39, 0.29) is 47.7 Å². The van der Waals surface area contributed by atoms with Crippen molar-refractivity contribution in [3.63, 3.8) is 0 Å². The minimum Gasteiger partial charge on any atom is -0.500 e. The van der Waals surface area contributed by atoms with Crippen molar-refractivity contribution in [2.45, 2.75) is 90.3 Å². The standard InChI is InChI=1S/C44H64ClN5O6/c1-25-35-21-30(44(35,3)4)22-37(25)47-42(53)39-38(26(2)51)43(54)56-50(39)24-34-36(45)16-15-33(40(34)55-9)28-18-29(20-32(19-28)49(7)8)41(52)46-31(23-48(5)6)17-27-13-11-10-12-14-27/h10-14,16,18,20,25-26,28,30-31,33,35,37-39,43,51,54H,15,17,19,21-24H2,1-9H3,(H,46,52)(H,47,53)/t25-,26-,28?,30+,31-,33?,35-,37-,38-,39-,43?/m0/s1. The molecule has 0 radical (unpaired) electrons. The normalized spacial score (nSPS) is 32.4. The number of halogens is 1. The molecule has 6 aliphatic rings. The minimum atomic E-state index is -1.39. The molecular weight excluding hydrogens is 730 g/mol. The lowest BCUT2D eigenvalue weighted by atomic mass is 9.45. The van der Waals surface area contributed by atoms with Gasteiger partial charge in [0.25, 0.3) is 5.91 Å². The van der Waals surface area contributed by atoms with Gasteiger partial charge in [0.05, 0.1) is 25.7 Å². The quantitative estimate of drug-likeness (QED) is 0.210. The van der Waals surface area contributed by atoms with Crippen molar-refractivity contribution in [2.24, 2.45) is 40.9 Å². The van der Waals surface area contributed by atoms with Crippen molar-refractivity contribution in [3.8, 4) is 0 Å². The molecule has 1 heterocycles. The molecule has 2 amide bonds. The van der Waals surface area contributed by atoms with Crippen LogP contribution in [0.4, 0.5) is 0 Å². The SMILES string of the molecule is COC1=C(CN2OC(O)[C@@H]([C@H](C)O)[C@H]2C(=O)N[C@H]2C[C@H]3C[C@@H]([C@@H]2C)C3(C)C)C(Cl)=CCC1C1C=C(C(=O)N[C@@H](Cc2ccccc2)CN(C)C)C=C(N(C)C)C1. The third-order valence-electron chi connectivity index (χ3n) is 13.5. The number of ether oxygens (including phenoxy) is 1. The van der Waals surface area contributed by atoms with Crippen LogP contribution >= 0.6 is 11.6 Å². The van der Waals surface area contributed by atoms with Gasteiger partial charge in [-0.15, -0.1) is 0 Å². The molecule has 4 fully saturated rings. The Morgan fingerprint density at radius 2 is 1.86 bits per heavy atom. The third kappa shape index (κ3) is 8.78. The van der Waals surface area contributed by atoms with Gasteiger partial charge in [-0.3, -0.25) is 14.4 Å². The Labute approximate surface area is 338 Å². The topological polar surface area (TPSA) is 127 Å². The van der Waals surface area contributed by atoms with Crippen LogP contribution in [0, 0.1) is 40.9 Å². The molecule has 4 N–H and O–H groups in total. The van der Waals surface area contributed by atoms with Crippen molar-refractivity contribution in [1.82, 2.24) is 25.5 Å². The predicted molar refractivity (Wildman–Crippen MR) is 219 cm³/mol. The van der Waals surface area contributed by atoms with Crippen LogP contribution < -0.4 is 10.6 Å². The van der Waals surface area contributed by atoms with Gasteiger partial charge in [-0.1, -0.05) is 74.9 Å². The number of nitrogens with one attached hydrogen (secondary N) is 2. The number of rotatable bonds is 14. The van der Waals surface area contributed by atoms with Crippen molar-refractivity contribution in [2.75, 3.05) is 48.4 Å². The smallest absolute Gasteiger partial charge is 0.251 e. The average Bonchev–Trinajstić information content (AvgIpc) is 3.48. The lowest BCUT2D eigenvalue weighted by Crippen LogP contribution is -2.62. The summed E-state index contributed by atoms with van der Waals surface area (Å²) in [6, 6.07) is 9.14. The summed E-state index contributed by atoms with van der Waals surface area (Å²) in [4.78, 5) is 38.4. The molecule has 1 saturated heterocycles. The summed E-state index contributed by atoms with van der Waals surface area (Å²) in [6.07, 6.45) is 7.65. The number of likely N-dealkylation sites (N-methyl/N-ethyl adjacent to an activating group) is 1. The zero-order valence-electron chi connectivity index (χ0n) is 34.7. The molecule has 0 aromatic heterocycles. The van der Waals surface area contributed by atoms with Crippen molar-refractivity contribution in [3.05, 3.63) is 81.8 Å². The van der Waals surface area contributed by atoms with E-state index in [9.17, 15) is 19.8 Å². The molecule has 3 saturated carbocycles. The van der Waals surface area contributed by atoms with Crippen molar-refractivity contribution >= 4 is 23.4 Å². The van der Waals surface area contributed by atoms with Gasteiger partial charge in [0, 0.05) is 60.5 Å². The van der Waals surface area contributed by atoms with E-state index < -0.39 is 24.4 Å². The molecule has 5 aliphatic carbocycles. The Bertz CT molecular complexity index is 1720. The highest BCUT2D eigenvalue weighted by molar-refractivity contribution is 6.32. The number of fused-ring (bicyclic) bond motifs is 2. The molecule has 12 heteroatoms. The highest BCUT2D eigenvalue weighted by Gasteiger charge is 2.57. The van der Waals surface area contributed by atoms with E-state index in [2.05, 4.69) is 54.5 Å². The van der Waals surface area contributed by atoms with Gasteiger partial charge < -0.3 is 35.4 Å². The van der Waals surface area contributed by atoms with Gasteiger partial charge >= 0.3 is 0 Å². The summed E-state index contributed by atoms with van der Waals surface area (Å²) < 4.78 is 6.18. The van der Waals surface area contributed by atoms with E-state index in [1.807, 2.05) is 63.4 Å². The van der Waals surface area contributed by atoms with Crippen LogP contribution in [-0.2, 0) is 25.6 Å². The molecule has 2 bridgehead atoms. The fourth-order valence-corrected chi connectivity index (χ4v) is 10.5. The second kappa shape index (κ2) is 17.3. The molecule has 1 aliphatic heterocycles. The summed E-state index contributed by atoms with van der Waals surface area (Å²) in [7, 11) is 9.61. The number of methoxy groups -OCH3 is 1. The van der Waals surface area contributed by atoms with Gasteiger partial charge in [-0.2, -0.15) is 5.06 Å². The highest BCUT2D eigenvalue weighted by Crippen LogP contribution is 2.61. The summed E-state index contributed by atoms with van der Waals surface area (Å²) in [6.45, 7) is 9.19. The molecule has 7 rings (SSSR count). The number of carbonyl (C=O) groups is 2. The number of hydrogen-bond donors (Lipinski definition) is 4. The Hall–Kier alpha value is -3.19. The first-order valence-electron chi connectivity index (χ1n) is 20.3. The molecule has 11 nitrogen and oxygen atoms in total. The highest BCUT2D eigenvalue weighted by atomic mass is 35.5. The molecular formula is C44H64ClN5O6. The van der Waals surface area contributed by atoms with Gasteiger partial charge in [0.1, 0.15) is 11.8 Å². The largest absolute Gasteiger partial charge is 0.500 e. The first-order chi connectivity index (χ1) is 26.5. The maximum atomic E-state index is 14.2. The Morgan fingerprint density at radius 1 is 1.14 bits per heavy atom. The van der Waals surface area contributed by atoms with Crippen LogP contribution in [0.15, 0.2) is 76.2 Å². The van der Waals surface area contributed by atoms with Crippen molar-refractivity contribution < 1.29 is 29.4 Å². The molecule has 308 valence electrons. The Kier molecular flexibility index (Phi) is 13.1. The number of hydrogen-bond acceptors (Lipinski definition) is 9. The van der Waals surface area contributed by atoms with Crippen LogP contribution in [-0.4, -0.2) is 116 Å². The first kappa shape index (κ1) is 42.4. The summed E-state index contributed by atoms with van der Waals surface area (Å²) in [5, 5.41) is 30.5. The lowest BCUT2D eigenvalue weighted by molar-refractivity contribution is -0.223. The Morgan fingerprint density at radius 3 is 2.46 bits per heavy atom. The minimum absolute atomic E-state index is 0.00439. The van der Waals surface area contributed by atoms with Crippen LogP contribution in [0.5, 0.6) is 0 Å². The van der Waals surface area contributed by atoms with Gasteiger partial charge in [-0.25, -0.2) is 0 Å². The number of amides is 2.